The van der Waals surface area contributed by atoms with Gasteiger partial charge in [0.2, 0.25) is 10.0 Å². The van der Waals surface area contributed by atoms with Crippen LogP contribution in [-0.2, 0) is 14.8 Å². The minimum atomic E-state index is -3.54. The second-order valence-electron chi connectivity index (χ2n) is 7.69. The smallest absolute Gasteiger partial charge is 0.277 e. The molecule has 2 aromatic carbocycles. The van der Waals surface area contributed by atoms with Crippen LogP contribution < -0.4 is 5.32 Å². The topological polar surface area (TPSA) is 74.3 Å². The van der Waals surface area contributed by atoms with Crippen LogP contribution in [0.2, 0.25) is 0 Å². The number of amides is 1. The highest BCUT2D eigenvalue weighted by Gasteiger charge is 2.31. The molecule has 1 saturated heterocycles. The van der Waals surface area contributed by atoms with Crippen LogP contribution in [-0.4, -0.2) is 56.3 Å². The Morgan fingerprint density at radius 3 is 2.34 bits per heavy atom. The SMILES string of the molecule is Cc1ccc(C)c(S(=O)(=O)N2CCN(C(=O)C[NH2+][C@H](C)c3ccccc3)CC2)c1. The standard InChI is InChI=1S/C22H29N3O3S/c1-17-9-10-18(2)21(15-17)29(27,28)25-13-11-24(12-14-25)22(26)16-23-19(3)20-7-5-4-6-8-20/h4-10,15,19,23H,11-14,16H2,1-3H3/p+1/t19-/m1/s1. The van der Waals surface area contributed by atoms with Crippen LogP contribution in [0, 0.1) is 13.8 Å². The third kappa shape index (κ3) is 5.04. The minimum Gasteiger partial charge on any atom is -0.335 e. The van der Waals surface area contributed by atoms with Crippen molar-refractivity contribution in [2.75, 3.05) is 32.7 Å². The average Bonchev–Trinajstić information content (AvgIpc) is 2.74. The maximum absolute atomic E-state index is 13.0. The molecule has 1 amide bonds. The van der Waals surface area contributed by atoms with E-state index in [9.17, 15) is 13.2 Å². The Bertz CT molecular complexity index is 953. The zero-order valence-corrected chi connectivity index (χ0v) is 18.2. The van der Waals surface area contributed by atoms with E-state index in [0.717, 1.165) is 11.1 Å². The molecule has 0 saturated carbocycles. The molecule has 3 rings (SSSR count). The van der Waals surface area contributed by atoms with Gasteiger partial charge in [-0.2, -0.15) is 4.31 Å². The van der Waals surface area contributed by atoms with Crippen molar-refractivity contribution >= 4 is 15.9 Å². The van der Waals surface area contributed by atoms with E-state index in [2.05, 4.69) is 19.1 Å². The summed E-state index contributed by atoms with van der Waals surface area (Å²) in [5.74, 6) is 0.0524. The fourth-order valence-electron chi connectivity index (χ4n) is 3.60. The number of nitrogens with two attached hydrogens (primary N) is 1. The molecule has 7 heteroatoms. The van der Waals surface area contributed by atoms with Crippen molar-refractivity contribution in [3.63, 3.8) is 0 Å². The molecular weight excluding hydrogens is 386 g/mol. The van der Waals surface area contributed by atoms with E-state index in [-0.39, 0.29) is 11.9 Å². The summed E-state index contributed by atoms with van der Waals surface area (Å²) < 4.78 is 27.5. The van der Waals surface area contributed by atoms with Gasteiger partial charge >= 0.3 is 0 Å². The summed E-state index contributed by atoms with van der Waals surface area (Å²) in [7, 11) is -3.54. The third-order valence-corrected chi connectivity index (χ3v) is 7.56. The highest BCUT2D eigenvalue weighted by molar-refractivity contribution is 7.89. The molecule has 0 aromatic heterocycles. The highest BCUT2D eigenvalue weighted by atomic mass is 32.2. The van der Waals surface area contributed by atoms with Gasteiger partial charge in [0.25, 0.3) is 5.91 Å². The van der Waals surface area contributed by atoms with Crippen molar-refractivity contribution in [3.05, 3.63) is 65.2 Å². The number of rotatable bonds is 6. The molecule has 0 radical (unpaired) electrons. The van der Waals surface area contributed by atoms with E-state index in [0.29, 0.717) is 37.6 Å². The first-order valence-corrected chi connectivity index (χ1v) is 11.5. The first-order chi connectivity index (χ1) is 13.8. The number of carbonyl (C=O) groups is 1. The first-order valence-electron chi connectivity index (χ1n) is 10.0. The molecular formula is C22H30N3O3S+. The maximum atomic E-state index is 13.0. The Hall–Kier alpha value is -2.22. The third-order valence-electron chi connectivity index (χ3n) is 5.52. The number of hydrogen-bond acceptors (Lipinski definition) is 3. The summed E-state index contributed by atoms with van der Waals surface area (Å²) >= 11 is 0. The van der Waals surface area contributed by atoms with Gasteiger partial charge in [0.1, 0.15) is 6.04 Å². The maximum Gasteiger partial charge on any atom is 0.277 e. The van der Waals surface area contributed by atoms with Gasteiger partial charge < -0.3 is 10.2 Å². The molecule has 6 nitrogen and oxygen atoms in total. The van der Waals surface area contributed by atoms with Gasteiger partial charge in [-0.3, -0.25) is 4.79 Å². The largest absolute Gasteiger partial charge is 0.335 e. The Morgan fingerprint density at radius 2 is 1.69 bits per heavy atom. The Balaban J connectivity index is 1.56. The van der Waals surface area contributed by atoms with Crippen molar-refractivity contribution in [2.45, 2.75) is 31.7 Å². The monoisotopic (exact) mass is 416 g/mol. The predicted octanol–water partition coefficient (Wildman–Crippen LogP) is 1.46. The normalized spacial score (nSPS) is 16.6. The summed E-state index contributed by atoms with van der Waals surface area (Å²) in [4.78, 5) is 14.7. The van der Waals surface area contributed by atoms with E-state index in [1.807, 2.05) is 49.5 Å². The van der Waals surface area contributed by atoms with Gasteiger partial charge in [-0.25, -0.2) is 8.42 Å². The van der Waals surface area contributed by atoms with Crippen molar-refractivity contribution in [2.24, 2.45) is 0 Å². The first kappa shape index (κ1) is 21.5. The molecule has 0 spiro atoms. The Labute approximate surface area is 173 Å². The number of quaternary nitrogens is 1. The summed E-state index contributed by atoms with van der Waals surface area (Å²) in [6.07, 6.45) is 0. The van der Waals surface area contributed by atoms with Crippen LogP contribution >= 0.6 is 0 Å². The van der Waals surface area contributed by atoms with Gasteiger partial charge in [-0.15, -0.1) is 0 Å². The van der Waals surface area contributed by atoms with Crippen molar-refractivity contribution in [1.29, 1.82) is 0 Å². The molecule has 2 aromatic rings. The molecule has 0 aliphatic carbocycles. The van der Waals surface area contributed by atoms with E-state index in [1.54, 1.807) is 11.0 Å². The molecule has 1 aliphatic rings. The second-order valence-corrected chi connectivity index (χ2v) is 9.60. The van der Waals surface area contributed by atoms with Crippen LogP contribution in [0.25, 0.3) is 0 Å². The van der Waals surface area contributed by atoms with Gasteiger partial charge in [0.05, 0.1) is 4.90 Å². The lowest BCUT2D eigenvalue weighted by Crippen LogP contribution is -2.87. The minimum absolute atomic E-state index is 0.0524. The lowest BCUT2D eigenvalue weighted by atomic mass is 10.1. The van der Waals surface area contributed by atoms with Crippen LogP contribution in [0.5, 0.6) is 0 Å². The van der Waals surface area contributed by atoms with Crippen LogP contribution in [0.15, 0.2) is 53.4 Å². The molecule has 0 bridgehead atoms. The molecule has 1 heterocycles. The van der Waals surface area contributed by atoms with E-state index < -0.39 is 10.0 Å². The zero-order valence-electron chi connectivity index (χ0n) is 17.3. The van der Waals surface area contributed by atoms with Gasteiger partial charge in [-0.05, 0) is 38.0 Å². The van der Waals surface area contributed by atoms with Gasteiger partial charge in [0, 0.05) is 31.7 Å². The van der Waals surface area contributed by atoms with Crippen LogP contribution in [0.1, 0.15) is 29.7 Å². The van der Waals surface area contributed by atoms with E-state index in [1.165, 1.54) is 9.87 Å². The fraction of sp³-hybridized carbons (Fsp3) is 0.409. The lowest BCUT2D eigenvalue weighted by Gasteiger charge is -2.34. The molecule has 1 aliphatic heterocycles. The molecule has 1 fully saturated rings. The number of sulfonamides is 1. The number of carbonyl (C=O) groups excluding carboxylic acids is 1. The lowest BCUT2D eigenvalue weighted by molar-refractivity contribution is -0.683. The Kier molecular flexibility index (Phi) is 6.72. The van der Waals surface area contributed by atoms with Crippen molar-refractivity contribution in [1.82, 2.24) is 9.21 Å². The highest BCUT2D eigenvalue weighted by Crippen LogP contribution is 2.22. The van der Waals surface area contributed by atoms with E-state index >= 15 is 0 Å². The number of piperazine rings is 1. The number of aryl methyl sites for hydroxylation is 2. The molecule has 1 atom stereocenters. The zero-order chi connectivity index (χ0) is 21.0. The molecule has 2 N–H and O–H groups in total. The van der Waals surface area contributed by atoms with Gasteiger partial charge in [0.15, 0.2) is 6.54 Å². The Morgan fingerprint density at radius 1 is 1.03 bits per heavy atom. The number of nitrogens with zero attached hydrogens (tertiary/aromatic N) is 2. The fourth-order valence-corrected chi connectivity index (χ4v) is 5.33. The number of hydrogen-bond donors (Lipinski definition) is 1. The van der Waals surface area contributed by atoms with Crippen molar-refractivity contribution in [3.8, 4) is 0 Å². The molecule has 0 unspecified atom stereocenters. The van der Waals surface area contributed by atoms with Crippen LogP contribution in [0.4, 0.5) is 0 Å². The summed E-state index contributed by atoms with van der Waals surface area (Å²) in [5.41, 5.74) is 2.86. The van der Waals surface area contributed by atoms with Crippen molar-refractivity contribution < 1.29 is 18.5 Å². The summed E-state index contributed by atoms with van der Waals surface area (Å²) in [6.45, 7) is 7.66. The second kappa shape index (κ2) is 9.07. The summed E-state index contributed by atoms with van der Waals surface area (Å²) in [6, 6.07) is 15.8. The average molecular weight is 417 g/mol. The van der Waals surface area contributed by atoms with E-state index in [4.69, 9.17) is 0 Å². The molecule has 29 heavy (non-hydrogen) atoms. The predicted molar refractivity (Wildman–Crippen MR) is 113 cm³/mol. The van der Waals surface area contributed by atoms with Crippen LogP contribution in [0.3, 0.4) is 0 Å². The molecule has 156 valence electrons. The number of benzene rings is 2. The quantitative estimate of drug-likeness (QED) is 0.775. The van der Waals surface area contributed by atoms with Gasteiger partial charge in [-0.1, -0.05) is 42.5 Å². The summed E-state index contributed by atoms with van der Waals surface area (Å²) in [5, 5.41) is 2.02.